The number of carbonyl (C=O) groups excluding carboxylic acids is 1. The fourth-order valence-electron chi connectivity index (χ4n) is 6.13. The molecule has 48 heavy (non-hydrogen) atoms. The second-order valence-electron chi connectivity index (χ2n) is 13.3. The Bertz CT molecular complexity index is 1840. The van der Waals surface area contributed by atoms with E-state index in [4.69, 9.17) is 37.0 Å². The number of ether oxygens (including phenoxy) is 2. The highest BCUT2D eigenvalue weighted by Crippen LogP contribution is 2.38. The van der Waals surface area contributed by atoms with E-state index < -0.39 is 0 Å². The largest absolute Gasteiger partial charge is 0.484 e. The number of pyridine rings is 1. The summed E-state index contributed by atoms with van der Waals surface area (Å²) in [6, 6.07) is 19.9. The van der Waals surface area contributed by atoms with Crippen LogP contribution in [0.25, 0.3) is 0 Å². The van der Waals surface area contributed by atoms with Gasteiger partial charge in [0.05, 0.1) is 42.7 Å². The summed E-state index contributed by atoms with van der Waals surface area (Å²) in [5, 5.41) is 28.7. The molecule has 252 valence electrons. The summed E-state index contributed by atoms with van der Waals surface area (Å²) >= 11 is 6.35. The Morgan fingerprint density at radius 1 is 1.02 bits per heavy atom. The van der Waals surface area contributed by atoms with Crippen LogP contribution >= 0.6 is 11.6 Å². The third-order valence-electron chi connectivity index (χ3n) is 8.83. The van der Waals surface area contributed by atoms with E-state index in [1.165, 1.54) is 4.57 Å². The van der Waals surface area contributed by atoms with E-state index in [1.807, 2.05) is 47.1 Å². The first kappa shape index (κ1) is 33.5. The predicted molar refractivity (Wildman–Crippen MR) is 186 cm³/mol. The zero-order valence-corrected chi connectivity index (χ0v) is 28.4. The normalized spacial score (nSPS) is 18.2. The van der Waals surface area contributed by atoms with Gasteiger partial charge >= 0.3 is 6.03 Å². The van der Waals surface area contributed by atoms with E-state index >= 15 is 0 Å². The van der Waals surface area contributed by atoms with E-state index in [0.29, 0.717) is 41.5 Å². The molecule has 12 heteroatoms. The molecular formula is C36H43ClN8O3. The Labute approximate surface area is 285 Å². The smallest absolute Gasteiger partial charge is 0.320 e. The third kappa shape index (κ3) is 7.64. The number of fused-ring (bicyclic) bond motifs is 1. The minimum Gasteiger partial charge on any atom is -0.484 e. The first-order chi connectivity index (χ1) is 23.1. The molecule has 4 aromatic rings. The zero-order valence-electron chi connectivity index (χ0n) is 27.6. The first-order valence-electron chi connectivity index (χ1n) is 16.4. The number of halogens is 1. The van der Waals surface area contributed by atoms with Crippen molar-refractivity contribution in [2.24, 2.45) is 0 Å². The second kappa shape index (κ2) is 14.3. The molecule has 6 rings (SSSR count). The van der Waals surface area contributed by atoms with Crippen molar-refractivity contribution in [3.63, 3.8) is 0 Å². The highest BCUT2D eigenvalue weighted by molar-refractivity contribution is 6.34. The van der Waals surface area contributed by atoms with Gasteiger partial charge in [-0.25, -0.2) is 9.48 Å². The topological polar surface area (TPSA) is 133 Å². The number of carbonyl (C=O) groups is 1. The summed E-state index contributed by atoms with van der Waals surface area (Å²) in [4.78, 5) is 15.8. The molecule has 1 aliphatic carbocycles. The molecule has 0 unspecified atom stereocenters. The van der Waals surface area contributed by atoms with E-state index in [1.54, 1.807) is 30.5 Å². The number of morpholine rings is 1. The molecule has 0 radical (unpaired) electrons. The molecule has 3 heterocycles. The Morgan fingerprint density at radius 3 is 2.50 bits per heavy atom. The highest BCUT2D eigenvalue weighted by Gasteiger charge is 2.30. The van der Waals surface area contributed by atoms with Gasteiger partial charge in [-0.05, 0) is 48.2 Å². The third-order valence-corrected chi connectivity index (χ3v) is 9.16. The molecule has 11 nitrogen and oxygen atoms in total. The van der Waals surface area contributed by atoms with Crippen LogP contribution in [0.15, 0.2) is 72.9 Å². The minimum atomic E-state index is -0.285. The van der Waals surface area contributed by atoms with Gasteiger partial charge in [0.25, 0.3) is 0 Å². The van der Waals surface area contributed by atoms with Crippen molar-refractivity contribution in [1.29, 1.82) is 10.8 Å². The van der Waals surface area contributed by atoms with Crippen LogP contribution in [0, 0.1) is 10.8 Å². The van der Waals surface area contributed by atoms with E-state index in [0.717, 1.165) is 49.7 Å². The zero-order chi connectivity index (χ0) is 33.8. The molecule has 4 N–H and O–H groups in total. The van der Waals surface area contributed by atoms with Gasteiger partial charge in [-0.3, -0.25) is 25.6 Å². The van der Waals surface area contributed by atoms with Crippen molar-refractivity contribution in [1.82, 2.24) is 24.6 Å². The van der Waals surface area contributed by atoms with Crippen molar-refractivity contribution in [3.05, 3.63) is 106 Å². The molecular weight excluding hydrogens is 628 g/mol. The first-order valence-corrected chi connectivity index (χ1v) is 16.8. The molecule has 2 aliphatic rings. The molecule has 1 saturated heterocycles. The monoisotopic (exact) mass is 670 g/mol. The van der Waals surface area contributed by atoms with Gasteiger partial charge in [-0.2, -0.15) is 5.10 Å². The lowest BCUT2D eigenvalue weighted by Gasteiger charge is -2.32. The molecule has 2 aromatic carbocycles. The lowest BCUT2D eigenvalue weighted by molar-refractivity contribution is 0.0360. The maximum atomic E-state index is 13.5. The molecule has 0 saturated carbocycles. The number of aromatic nitrogens is 3. The summed E-state index contributed by atoms with van der Waals surface area (Å²) in [5.41, 5.74) is 3.41. The number of anilines is 1. The number of urea groups is 1. The molecule has 2 amide bonds. The quantitative estimate of drug-likeness (QED) is 0.133. The molecule has 2 aromatic heterocycles. The number of nitrogens with one attached hydrogen (secondary N) is 4. The summed E-state index contributed by atoms with van der Waals surface area (Å²) < 4.78 is 15.3. The van der Waals surface area contributed by atoms with Crippen LogP contribution in [-0.4, -0.2) is 64.0 Å². The van der Waals surface area contributed by atoms with Gasteiger partial charge < -0.3 is 14.8 Å². The van der Waals surface area contributed by atoms with Crippen LogP contribution in [0.3, 0.4) is 0 Å². The maximum Gasteiger partial charge on any atom is 0.320 e. The number of benzene rings is 2. The Hall–Kier alpha value is -4.45. The number of hydrogen-bond acceptors (Lipinski definition) is 7. The Morgan fingerprint density at radius 2 is 1.75 bits per heavy atom. The molecule has 0 bridgehead atoms. The van der Waals surface area contributed by atoms with Crippen LogP contribution in [0.5, 0.6) is 5.75 Å². The van der Waals surface area contributed by atoms with Crippen LogP contribution in [-0.2, 0) is 16.7 Å². The molecule has 1 fully saturated rings. The van der Waals surface area contributed by atoms with Crippen LogP contribution in [0.1, 0.15) is 68.1 Å². The van der Waals surface area contributed by atoms with Crippen LogP contribution in [0.2, 0.25) is 5.02 Å². The fourth-order valence-corrected chi connectivity index (χ4v) is 6.36. The van der Waals surface area contributed by atoms with Gasteiger partial charge in [-0.15, -0.1) is 0 Å². The SMILES string of the molecule is CC(C)(C)c1cc(NC(=O)N[C@H]2CC[C@@H](Oc3ccc(=N)n(C(=N)c4ccccc4Cl)c3)c3ccccc32)n(CCN2CCOCC2)n1. The van der Waals surface area contributed by atoms with E-state index in [9.17, 15) is 4.79 Å². The predicted octanol–water partition coefficient (Wildman–Crippen LogP) is 6.10. The summed E-state index contributed by atoms with van der Waals surface area (Å²) in [5.74, 6) is 1.30. The summed E-state index contributed by atoms with van der Waals surface area (Å²) in [6.07, 6.45) is 2.73. The second-order valence-corrected chi connectivity index (χ2v) is 13.7. The number of amides is 2. The van der Waals surface area contributed by atoms with Crippen molar-refractivity contribution in [3.8, 4) is 5.75 Å². The lowest BCUT2D eigenvalue weighted by atomic mass is 9.85. The average Bonchev–Trinajstić information content (AvgIpc) is 3.49. The van der Waals surface area contributed by atoms with E-state index in [-0.39, 0.29) is 34.9 Å². The van der Waals surface area contributed by atoms with Gasteiger partial charge in [0.1, 0.15) is 29.0 Å². The summed E-state index contributed by atoms with van der Waals surface area (Å²) in [7, 11) is 0. The van der Waals surface area contributed by atoms with Crippen LogP contribution in [0.4, 0.5) is 10.6 Å². The van der Waals surface area contributed by atoms with E-state index in [2.05, 4.69) is 36.3 Å². The van der Waals surface area contributed by atoms with Gasteiger partial charge in [0.2, 0.25) is 0 Å². The van der Waals surface area contributed by atoms with Gasteiger partial charge in [-0.1, -0.05) is 68.8 Å². The lowest BCUT2D eigenvalue weighted by Crippen LogP contribution is -2.39. The number of nitrogens with zero attached hydrogens (tertiary/aromatic N) is 4. The number of hydrogen-bond donors (Lipinski definition) is 4. The van der Waals surface area contributed by atoms with Crippen molar-refractivity contribution in [2.45, 2.75) is 57.7 Å². The van der Waals surface area contributed by atoms with Gasteiger partial charge in [0.15, 0.2) is 0 Å². The van der Waals surface area contributed by atoms with Crippen molar-refractivity contribution in [2.75, 3.05) is 38.2 Å². The summed E-state index contributed by atoms with van der Waals surface area (Å²) in [6.45, 7) is 11.1. The fraction of sp³-hybridized carbons (Fsp3) is 0.389. The van der Waals surface area contributed by atoms with Gasteiger partial charge in [0, 0.05) is 36.7 Å². The molecule has 0 spiro atoms. The standard InChI is InChI=1S/C36H43ClN8O3/c1-36(2,3)31-22-33(45(42-31)17-16-43-18-20-47-21-19-43)41-35(46)40-29-13-14-30(26-9-5-4-8-25(26)29)48-24-12-15-32(38)44(23-24)34(39)27-10-6-7-11-28(27)37/h4-12,15,22-23,29-30,38-39H,13-14,16-21H2,1-3H3,(H2,40,41,46)/t29-,30+/m0/s1. The maximum absolute atomic E-state index is 13.5. The van der Waals surface area contributed by atoms with Crippen molar-refractivity contribution >= 4 is 29.3 Å². The average molecular weight is 671 g/mol. The van der Waals surface area contributed by atoms with Crippen LogP contribution < -0.4 is 20.9 Å². The highest BCUT2D eigenvalue weighted by atomic mass is 35.5. The number of rotatable bonds is 8. The molecule has 2 atom stereocenters. The van der Waals surface area contributed by atoms with Crippen molar-refractivity contribution < 1.29 is 14.3 Å². The Kier molecular flexibility index (Phi) is 10.00. The molecule has 1 aliphatic heterocycles. The minimum absolute atomic E-state index is 0.0902. The Balaban J connectivity index is 1.15.